The zero-order chi connectivity index (χ0) is 24.0. The van der Waals surface area contributed by atoms with Gasteiger partial charge in [-0.25, -0.2) is 4.79 Å². The molecule has 0 saturated heterocycles. The Balaban J connectivity index is 2.44. The van der Waals surface area contributed by atoms with Gasteiger partial charge in [-0.3, -0.25) is 0 Å². The standard InChI is InChI=1S/C26H39NO4Si/c1-21(20-27(18-19-28)24(29)30-25(2,3)4)31-32(26(5,6)7,22-14-10-8-11-15-22)23-16-12-9-13-17-23/h8-17,21,28H,18-20H2,1-7H3/t21-/m0/s1. The second-order valence-electron chi connectivity index (χ2n) is 10.2. The van der Waals surface area contributed by atoms with Crippen LogP contribution < -0.4 is 10.4 Å². The monoisotopic (exact) mass is 457 g/mol. The Labute approximate surface area is 194 Å². The fourth-order valence-electron chi connectivity index (χ4n) is 4.04. The molecule has 176 valence electrons. The van der Waals surface area contributed by atoms with Gasteiger partial charge in [0.15, 0.2) is 0 Å². The third-order valence-corrected chi connectivity index (χ3v) is 10.5. The van der Waals surface area contributed by atoms with Gasteiger partial charge in [-0.15, -0.1) is 0 Å². The van der Waals surface area contributed by atoms with Gasteiger partial charge in [0.2, 0.25) is 0 Å². The van der Waals surface area contributed by atoms with Gasteiger partial charge in [0, 0.05) is 13.1 Å². The minimum atomic E-state index is -2.73. The molecule has 6 heteroatoms. The summed E-state index contributed by atoms with van der Waals surface area (Å²) >= 11 is 0. The molecule has 2 aromatic carbocycles. The molecule has 0 aliphatic heterocycles. The number of aliphatic hydroxyl groups is 1. The van der Waals surface area contributed by atoms with Crippen molar-refractivity contribution in [2.75, 3.05) is 19.7 Å². The fourth-order valence-corrected chi connectivity index (χ4v) is 8.74. The summed E-state index contributed by atoms with van der Waals surface area (Å²) in [6.07, 6.45) is -0.704. The van der Waals surface area contributed by atoms with Crippen LogP contribution in [0, 0.1) is 0 Å². The van der Waals surface area contributed by atoms with Crippen molar-refractivity contribution in [3.63, 3.8) is 0 Å². The van der Waals surface area contributed by atoms with Gasteiger partial charge in [0.05, 0.1) is 12.7 Å². The molecule has 0 aliphatic rings. The lowest BCUT2D eigenvalue weighted by molar-refractivity contribution is 0.0140. The minimum absolute atomic E-state index is 0.134. The lowest BCUT2D eigenvalue weighted by Gasteiger charge is -2.45. The Hall–Kier alpha value is -2.15. The summed E-state index contributed by atoms with van der Waals surface area (Å²) in [5.41, 5.74) is -0.604. The molecule has 0 aliphatic carbocycles. The maximum Gasteiger partial charge on any atom is 0.410 e. The molecule has 0 bridgehead atoms. The van der Waals surface area contributed by atoms with E-state index in [4.69, 9.17) is 9.16 Å². The SMILES string of the molecule is C[C@@H](CN(CCO)C(=O)OC(C)(C)C)O[Si](c1ccccc1)(c1ccccc1)C(C)(C)C. The fraction of sp³-hybridized carbons (Fsp3) is 0.500. The summed E-state index contributed by atoms with van der Waals surface area (Å²) in [7, 11) is -2.73. The van der Waals surface area contributed by atoms with Crippen LogP contribution in [0.25, 0.3) is 0 Å². The topological polar surface area (TPSA) is 59.0 Å². The number of aliphatic hydroxyl groups excluding tert-OH is 1. The summed E-state index contributed by atoms with van der Waals surface area (Å²) in [4.78, 5) is 14.3. The predicted molar refractivity (Wildman–Crippen MR) is 133 cm³/mol. The number of benzene rings is 2. The first kappa shape index (κ1) is 26.1. The van der Waals surface area contributed by atoms with Gasteiger partial charge >= 0.3 is 6.09 Å². The lowest BCUT2D eigenvalue weighted by Crippen LogP contribution is -2.68. The quantitative estimate of drug-likeness (QED) is 0.604. The molecule has 2 aromatic rings. The van der Waals surface area contributed by atoms with Gasteiger partial charge in [0.1, 0.15) is 5.60 Å². The van der Waals surface area contributed by atoms with Crippen molar-refractivity contribution >= 4 is 24.8 Å². The predicted octanol–water partition coefficient (Wildman–Crippen LogP) is 4.18. The van der Waals surface area contributed by atoms with Crippen LogP contribution in [0.2, 0.25) is 5.04 Å². The average molecular weight is 458 g/mol. The molecular formula is C26H39NO4Si. The zero-order valence-electron chi connectivity index (χ0n) is 20.6. The molecule has 0 fully saturated rings. The Bertz CT molecular complexity index is 804. The van der Waals surface area contributed by atoms with Crippen LogP contribution >= 0.6 is 0 Å². The van der Waals surface area contributed by atoms with Crippen LogP contribution in [0.5, 0.6) is 0 Å². The van der Waals surface area contributed by atoms with E-state index in [1.807, 2.05) is 39.8 Å². The highest BCUT2D eigenvalue weighted by molar-refractivity contribution is 6.99. The van der Waals surface area contributed by atoms with Gasteiger partial charge in [-0.1, -0.05) is 81.4 Å². The molecule has 1 amide bonds. The summed E-state index contributed by atoms with van der Waals surface area (Å²) in [5.74, 6) is 0. The van der Waals surface area contributed by atoms with E-state index in [0.29, 0.717) is 6.54 Å². The van der Waals surface area contributed by atoms with Crippen LogP contribution in [-0.2, 0) is 9.16 Å². The van der Waals surface area contributed by atoms with E-state index in [2.05, 4.69) is 69.3 Å². The van der Waals surface area contributed by atoms with Crippen LogP contribution in [0.3, 0.4) is 0 Å². The Kier molecular flexibility index (Phi) is 8.68. The Morgan fingerprint density at radius 1 is 0.938 bits per heavy atom. The molecule has 32 heavy (non-hydrogen) atoms. The van der Waals surface area contributed by atoms with Gasteiger partial charge in [0.25, 0.3) is 8.32 Å². The summed E-state index contributed by atoms with van der Waals surface area (Å²) in [6, 6.07) is 20.9. The van der Waals surface area contributed by atoms with Gasteiger partial charge in [-0.05, 0) is 43.1 Å². The molecule has 1 N–H and O–H groups in total. The summed E-state index contributed by atoms with van der Waals surface area (Å²) in [5, 5.41) is 11.8. The normalized spacial score (nSPS) is 13.5. The van der Waals surface area contributed by atoms with Crippen LogP contribution in [0.4, 0.5) is 4.79 Å². The number of amides is 1. The number of hydrogen-bond acceptors (Lipinski definition) is 4. The van der Waals surface area contributed by atoms with Crippen molar-refractivity contribution in [1.82, 2.24) is 4.90 Å². The van der Waals surface area contributed by atoms with Crippen LogP contribution in [0.1, 0.15) is 48.5 Å². The number of carbonyl (C=O) groups excluding carboxylic acids is 1. The first-order chi connectivity index (χ1) is 14.9. The van der Waals surface area contributed by atoms with E-state index in [9.17, 15) is 9.90 Å². The number of nitrogens with zero attached hydrogens (tertiary/aromatic N) is 1. The number of hydrogen-bond donors (Lipinski definition) is 1. The van der Waals surface area contributed by atoms with Crippen molar-refractivity contribution in [3.8, 4) is 0 Å². The smallest absolute Gasteiger partial charge is 0.410 e. The third-order valence-electron chi connectivity index (χ3n) is 5.29. The Morgan fingerprint density at radius 3 is 1.78 bits per heavy atom. The van der Waals surface area contributed by atoms with Crippen molar-refractivity contribution in [3.05, 3.63) is 60.7 Å². The molecule has 1 atom stereocenters. The molecule has 2 rings (SSSR count). The van der Waals surface area contributed by atoms with E-state index in [-0.39, 0.29) is 24.3 Å². The number of rotatable bonds is 8. The van der Waals surface area contributed by atoms with Gasteiger partial charge < -0.3 is 19.2 Å². The Morgan fingerprint density at radius 2 is 1.41 bits per heavy atom. The first-order valence-electron chi connectivity index (χ1n) is 11.3. The van der Waals surface area contributed by atoms with Crippen molar-refractivity contribution in [1.29, 1.82) is 0 Å². The van der Waals surface area contributed by atoms with Crippen molar-refractivity contribution in [2.24, 2.45) is 0 Å². The van der Waals surface area contributed by atoms with E-state index in [1.165, 1.54) is 15.3 Å². The maximum atomic E-state index is 12.7. The van der Waals surface area contributed by atoms with E-state index >= 15 is 0 Å². The second-order valence-corrected chi connectivity index (χ2v) is 14.5. The van der Waals surface area contributed by atoms with Gasteiger partial charge in [-0.2, -0.15) is 0 Å². The minimum Gasteiger partial charge on any atom is -0.444 e. The van der Waals surface area contributed by atoms with E-state index < -0.39 is 20.0 Å². The van der Waals surface area contributed by atoms with E-state index in [0.717, 1.165) is 0 Å². The molecule has 0 spiro atoms. The molecule has 0 heterocycles. The molecular weight excluding hydrogens is 418 g/mol. The average Bonchev–Trinajstić information content (AvgIpc) is 2.71. The molecule has 0 unspecified atom stereocenters. The second kappa shape index (κ2) is 10.6. The number of carbonyl (C=O) groups is 1. The highest BCUT2D eigenvalue weighted by Gasteiger charge is 2.51. The third kappa shape index (κ3) is 6.44. The van der Waals surface area contributed by atoms with Crippen molar-refractivity contribution in [2.45, 2.75) is 65.2 Å². The molecule has 5 nitrogen and oxygen atoms in total. The summed E-state index contributed by atoms with van der Waals surface area (Å²) < 4.78 is 12.6. The highest BCUT2D eigenvalue weighted by atomic mass is 28.4. The maximum absolute atomic E-state index is 12.7. The first-order valence-corrected chi connectivity index (χ1v) is 13.2. The molecule has 0 saturated carbocycles. The largest absolute Gasteiger partial charge is 0.444 e. The van der Waals surface area contributed by atoms with E-state index in [1.54, 1.807) is 0 Å². The molecule has 0 aromatic heterocycles. The lowest BCUT2D eigenvalue weighted by atomic mass is 10.2. The van der Waals surface area contributed by atoms with Crippen LogP contribution in [-0.4, -0.2) is 55.8 Å². The zero-order valence-corrected chi connectivity index (χ0v) is 21.6. The van der Waals surface area contributed by atoms with Crippen molar-refractivity contribution < 1.29 is 19.1 Å². The summed E-state index contributed by atoms with van der Waals surface area (Å²) in [6.45, 7) is 14.6. The molecule has 0 radical (unpaired) electrons. The van der Waals surface area contributed by atoms with Crippen LogP contribution in [0.15, 0.2) is 60.7 Å². The number of ether oxygens (including phenoxy) is 1. The highest BCUT2D eigenvalue weighted by Crippen LogP contribution is 2.37.